The van der Waals surface area contributed by atoms with E-state index in [-0.39, 0.29) is 5.91 Å². The summed E-state index contributed by atoms with van der Waals surface area (Å²) in [6, 6.07) is 19.7. The van der Waals surface area contributed by atoms with Crippen LogP contribution in [0.1, 0.15) is 28.4 Å². The van der Waals surface area contributed by atoms with E-state index in [1.807, 2.05) is 37.3 Å². The van der Waals surface area contributed by atoms with E-state index < -0.39 is 0 Å². The van der Waals surface area contributed by atoms with Gasteiger partial charge in [-0.3, -0.25) is 4.79 Å². The van der Waals surface area contributed by atoms with Crippen LogP contribution in [0.25, 0.3) is 0 Å². The van der Waals surface area contributed by atoms with Crippen LogP contribution in [-0.4, -0.2) is 25.8 Å². The summed E-state index contributed by atoms with van der Waals surface area (Å²) < 4.78 is 16.6. The summed E-state index contributed by atoms with van der Waals surface area (Å²) in [6.07, 6.45) is 1.54. The molecule has 1 N–H and O–H groups in total. The standard InChI is InChI=1S/C24H23ClN2O4/c1-3-30-21-11-7-19(8-12-21)24(28)27-26-15-18-6-13-22(23(14-18)29-2)31-16-17-4-9-20(25)10-5-17/h4-15H,3,16H2,1-2H3,(H,27,28). The van der Waals surface area contributed by atoms with E-state index in [4.69, 9.17) is 25.8 Å². The summed E-state index contributed by atoms with van der Waals surface area (Å²) in [5, 5.41) is 4.70. The molecule has 0 fully saturated rings. The van der Waals surface area contributed by atoms with Gasteiger partial charge in [-0.25, -0.2) is 5.43 Å². The minimum Gasteiger partial charge on any atom is -0.494 e. The van der Waals surface area contributed by atoms with Crippen LogP contribution >= 0.6 is 11.6 Å². The fourth-order valence-corrected chi connectivity index (χ4v) is 2.85. The third-order valence-corrected chi connectivity index (χ3v) is 4.55. The first-order valence-corrected chi connectivity index (χ1v) is 10.1. The number of hydrogen-bond donors (Lipinski definition) is 1. The largest absolute Gasteiger partial charge is 0.494 e. The van der Waals surface area contributed by atoms with Crippen LogP contribution in [0.3, 0.4) is 0 Å². The Morgan fingerprint density at radius 3 is 2.42 bits per heavy atom. The van der Waals surface area contributed by atoms with Crippen LogP contribution < -0.4 is 19.6 Å². The van der Waals surface area contributed by atoms with Gasteiger partial charge in [-0.1, -0.05) is 23.7 Å². The summed E-state index contributed by atoms with van der Waals surface area (Å²) in [4.78, 5) is 12.2. The molecule has 0 aliphatic heterocycles. The van der Waals surface area contributed by atoms with Crippen LogP contribution in [0.4, 0.5) is 0 Å². The third-order valence-electron chi connectivity index (χ3n) is 4.30. The number of nitrogens with zero attached hydrogens (tertiary/aromatic N) is 1. The SMILES string of the molecule is CCOc1ccc(C(=O)NN=Cc2ccc(OCc3ccc(Cl)cc3)c(OC)c2)cc1. The molecule has 0 saturated heterocycles. The van der Waals surface area contributed by atoms with Crippen LogP contribution in [0, 0.1) is 0 Å². The summed E-state index contributed by atoms with van der Waals surface area (Å²) in [6.45, 7) is 2.87. The van der Waals surface area contributed by atoms with Gasteiger partial charge in [0.1, 0.15) is 12.4 Å². The Balaban J connectivity index is 1.58. The highest BCUT2D eigenvalue weighted by atomic mass is 35.5. The zero-order chi connectivity index (χ0) is 22.1. The zero-order valence-corrected chi connectivity index (χ0v) is 18.1. The second-order valence-corrected chi connectivity index (χ2v) is 6.92. The van der Waals surface area contributed by atoms with Gasteiger partial charge in [0.05, 0.1) is 19.9 Å². The molecule has 0 saturated carbocycles. The number of ether oxygens (including phenoxy) is 3. The Morgan fingerprint density at radius 1 is 1.00 bits per heavy atom. The lowest BCUT2D eigenvalue weighted by Crippen LogP contribution is -2.17. The predicted molar refractivity (Wildman–Crippen MR) is 121 cm³/mol. The van der Waals surface area contributed by atoms with Crippen molar-refractivity contribution >= 4 is 23.7 Å². The minimum absolute atomic E-state index is 0.311. The van der Waals surface area contributed by atoms with Crippen molar-refractivity contribution in [2.24, 2.45) is 5.10 Å². The molecule has 31 heavy (non-hydrogen) atoms. The molecule has 3 rings (SSSR count). The lowest BCUT2D eigenvalue weighted by atomic mass is 10.2. The molecule has 3 aromatic carbocycles. The van der Waals surface area contributed by atoms with Gasteiger partial charge in [0.15, 0.2) is 11.5 Å². The quantitative estimate of drug-likeness (QED) is 0.373. The van der Waals surface area contributed by atoms with Crippen LogP contribution in [0.15, 0.2) is 71.8 Å². The van der Waals surface area contributed by atoms with E-state index in [9.17, 15) is 4.79 Å². The first-order chi connectivity index (χ1) is 15.1. The van der Waals surface area contributed by atoms with Crippen molar-refractivity contribution in [3.8, 4) is 17.2 Å². The molecule has 0 radical (unpaired) electrons. The van der Waals surface area contributed by atoms with Crippen molar-refractivity contribution in [1.82, 2.24) is 5.43 Å². The normalized spacial score (nSPS) is 10.7. The molecule has 0 bridgehead atoms. The predicted octanol–water partition coefficient (Wildman–Crippen LogP) is 5.09. The van der Waals surface area contributed by atoms with E-state index in [0.29, 0.717) is 41.0 Å². The van der Waals surface area contributed by atoms with E-state index in [1.54, 1.807) is 43.5 Å². The summed E-state index contributed by atoms with van der Waals surface area (Å²) in [7, 11) is 1.57. The number of rotatable bonds is 9. The molecule has 7 heteroatoms. The number of amides is 1. The van der Waals surface area contributed by atoms with Gasteiger partial charge in [0.25, 0.3) is 5.91 Å². The highest BCUT2D eigenvalue weighted by molar-refractivity contribution is 6.30. The molecule has 160 valence electrons. The Kier molecular flexibility index (Phi) is 7.90. The number of methoxy groups -OCH3 is 1. The fraction of sp³-hybridized carbons (Fsp3) is 0.167. The van der Waals surface area contributed by atoms with Gasteiger partial charge in [-0.2, -0.15) is 5.10 Å². The monoisotopic (exact) mass is 438 g/mol. The molecule has 3 aromatic rings. The molecule has 6 nitrogen and oxygen atoms in total. The van der Waals surface area contributed by atoms with Crippen LogP contribution in [0.2, 0.25) is 5.02 Å². The third kappa shape index (κ3) is 6.49. The molecule has 0 aliphatic carbocycles. The Hall–Kier alpha value is -3.51. The summed E-state index contributed by atoms with van der Waals surface area (Å²) in [5.41, 5.74) is 4.75. The highest BCUT2D eigenvalue weighted by Crippen LogP contribution is 2.28. The van der Waals surface area contributed by atoms with Crippen LogP contribution in [0.5, 0.6) is 17.2 Å². The molecule has 0 atom stereocenters. The summed E-state index contributed by atoms with van der Waals surface area (Å²) in [5.74, 6) is 1.57. The average molecular weight is 439 g/mol. The second-order valence-electron chi connectivity index (χ2n) is 6.48. The molecular formula is C24H23ClN2O4. The number of carbonyl (C=O) groups is 1. The number of benzene rings is 3. The number of hydrazone groups is 1. The van der Waals surface area contributed by atoms with Crippen LogP contribution in [-0.2, 0) is 6.61 Å². The van der Waals surface area contributed by atoms with E-state index in [0.717, 1.165) is 11.1 Å². The Bertz CT molecular complexity index is 1030. The lowest BCUT2D eigenvalue weighted by molar-refractivity contribution is 0.0955. The van der Waals surface area contributed by atoms with Gasteiger partial charge in [-0.15, -0.1) is 0 Å². The maximum Gasteiger partial charge on any atom is 0.271 e. The Labute approximate surface area is 186 Å². The topological polar surface area (TPSA) is 69.2 Å². The molecular weight excluding hydrogens is 416 g/mol. The number of halogens is 1. The molecule has 1 amide bonds. The highest BCUT2D eigenvalue weighted by Gasteiger charge is 2.07. The molecule has 0 spiro atoms. The summed E-state index contributed by atoms with van der Waals surface area (Å²) >= 11 is 5.90. The van der Waals surface area contributed by atoms with Crippen molar-refractivity contribution < 1.29 is 19.0 Å². The van der Waals surface area contributed by atoms with Crippen molar-refractivity contribution in [2.75, 3.05) is 13.7 Å². The smallest absolute Gasteiger partial charge is 0.271 e. The number of carbonyl (C=O) groups excluding carboxylic acids is 1. The van der Waals surface area contributed by atoms with Crippen molar-refractivity contribution in [3.63, 3.8) is 0 Å². The zero-order valence-electron chi connectivity index (χ0n) is 17.3. The molecule has 0 unspecified atom stereocenters. The second kappa shape index (κ2) is 11.0. The maximum atomic E-state index is 12.2. The minimum atomic E-state index is -0.311. The van der Waals surface area contributed by atoms with E-state index >= 15 is 0 Å². The first kappa shape index (κ1) is 22.2. The van der Waals surface area contributed by atoms with Crippen molar-refractivity contribution in [1.29, 1.82) is 0 Å². The van der Waals surface area contributed by atoms with E-state index in [2.05, 4.69) is 10.5 Å². The fourth-order valence-electron chi connectivity index (χ4n) is 2.72. The average Bonchev–Trinajstić information content (AvgIpc) is 2.79. The van der Waals surface area contributed by atoms with Gasteiger partial charge in [-0.05, 0) is 72.6 Å². The molecule has 0 aliphatic rings. The Morgan fingerprint density at radius 2 is 1.74 bits per heavy atom. The van der Waals surface area contributed by atoms with Crippen molar-refractivity contribution in [2.45, 2.75) is 13.5 Å². The molecule has 0 aromatic heterocycles. The number of hydrogen-bond acceptors (Lipinski definition) is 5. The van der Waals surface area contributed by atoms with Crippen molar-refractivity contribution in [3.05, 3.63) is 88.4 Å². The lowest BCUT2D eigenvalue weighted by Gasteiger charge is -2.11. The van der Waals surface area contributed by atoms with Gasteiger partial charge < -0.3 is 14.2 Å². The van der Waals surface area contributed by atoms with Gasteiger partial charge in [0, 0.05) is 10.6 Å². The van der Waals surface area contributed by atoms with E-state index in [1.165, 1.54) is 6.21 Å². The first-order valence-electron chi connectivity index (χ1n) is 9.70. The maximum absolute atomic E-state index is 12.2. The molecule has 0 heterocycles. The van der Waals surface area contributed by atoms with Gasteiger partial charge in [0.2, 0.25) is 0 Å². The van der Waals surface area contributed by atoms with Gasteiger partial charge >= 0.3 is 0 Å². The number of nitrogens with one attached hydrogen (secondary N) is 1.